The molecule has 1 unspecified atom stereocenters. The van der Waals surface area contributed by atoms with Crippen LogP contribution in [0.4, 0.5) is 5.69 Å². The molecule has 1 atom stereocenters. The van der Waals surface area contributed by atoms with Crippen LogP contribution in [-0.2, 0) is 6.42 Å². The van der Waals surface area contributed by atoms with Gasteiger partial charge in [0.05, 0.1) is 6.04 Å². The zero-order chi connectivity index (χ0) is 15.4. The smallest absolute Gasteiger partial charge is 0.179 e. The largest absolute Gasteiger partial charge is 0.385 e. The maximum absolute atomic E-state index is 12.7. The van der Waals surface area contributed by atoms with Crippen molar-refractivity contribution in [1.29, 1.82) is 0 Å². The van der Waals surface area contributed by atoms with Crippen molar-refractivity contribution in [3.05, 3.63) is 29.3 Å². The zero-order valence-corrected chi connectivity index (χ0v) is 13.7. The molecule has 22 heavy (non-hydrogen) atoms. The fourth-order valence-corrected chi connectivity index (χ4v) is 3.75. The van der Waals surface area contributed by atoms with Gasteiger partial charge in [-0.2, -0.15) is 0 Å². The highest BCUT2D eigenvalue weighted by atomic mass is 16.1. The zero-order valence-electron chi connectivity index (χ0n) is 13.7. The first-order chi connectivity index (χ1) is 10.7. The van der Waals surface area contributed by atoms with Gasteiger partial charge >= 0.3 is 0 Å². The van der Waals surface area contributed by atoms with Gasteiger partial charge in [-0.3, -0.25) is 4.79 Å². The molecule has 1 aromatic rings. The number of carbonyl (C=O) groups excluding carboxylic acids is 1. The average Bonchev–Trinajstić information content (AvgIpc) is 2.82. The lowest BCUT2D eigenvalue weighted by atomic mass is 9.96. The van der Waals surface area contributed by atoms with Crippen molar-refractivity contribution < 1.29 is 4.79 Å². The molecule has 0 spiro atoms. The highest BCUT2D eigenvalue weighted by Gasteiger charge is 2.21. The predicted molar refractivity (Wildman–Crippen MR) is 91.7 cm³/mol. The Labute approximate surface area is 133 Å². The normalized spacial score (nSPS) is 20.6. The van der Waals surface area contributed by atoms with E-state index in [1.165, 1.54) is 49.8 Å². The molecule has 0 bridgehead atoms. The first-order valence-electron chi connectivity index (χ1n) is 8.91. The Morgan fingerprint density at radius 3 is 2.73 bits per heavy atom. The van der Waals surface area contributed by atoms with Gasteiger partial charge in [0.1, 0.15) is 0 Å². The van der Waals surface area contributed by atoms with E-state index >= 15 is 0 Å². The second kappa shape index (κ2) is 7.28. The molecular weight excluding hydrogens is 272 g/mol. The summed E-state index contributed by atoms with van der Waals surface area (Å²) in [7, 11) is 0. The third-order valence-corrected chi connectivity index (χ3v) is 5.06. The van der Waals surface area contributed by atoms with E-state index in [1.807, 2.05) is 13.0 Å². The summed E-state index contributed by atoms with van der Waals surface area (Å²) < 4.78 is 0. The molecule has 3 rings (SSSR count). The lowest BCUT2D eigenvalue weighted by Gasteiger charge is -2.22. The Balaban J connectivity index is 1.64. The van der Waals surface area contributed by atoms with Gasteiger partial charge in [0, 0.05) is 23.8 Å². The molecule has 0 amide bonds. The van der Waals surface area contributed by atoms with E-state index in [9.17, 15) is 4.79 Å². The molecule has 1 heterocycles. The van der Waals surface area contributed by atoms with Gasteiger partial charge < -0.3 is 10.6 Å². The van der Waals surface area contributed by atoms with E-state index in [4.69, 9.17) is 0 Å². The Morgan fingerprint density at radius 1 is 1.18 bits per heavy atom. The van der Waals surface area contributed by atoms with Crippen LogP contribution >= 0.6 is 0 Å². The van der Waals surface area contributed by atoms with Crippen LogP contribution in [0.1, 0.15) is 67.8 Å². The number of benzene rings is 1. The summed E-state index contributed by atoms with van der Waals surface area (Å²) >= 11 is 0. The Morgan fingerprint density at radius 2 is 1.95 bits per heavy atom. The van der Waals surface area contributed by atoms with Crippen LogP contribution in [0.2, 0.25) is 0 Å². The molecule has 1 aliphatic heterocycles. The quantitative estimate of drug-likeness (QED) is 0.654. The van der Waals surface area contributed by atoms with Crippen LogP contribution in [0.5, 0.6) is 0 Å². The number of anilines is 1. The maximum atomic E-state index is 12.7. The minimum absolute atomic E-state index is 0.0855. The molecule has 0 aromatic heterocycles. The van der Waals surface area contributed by atoms with Crippen molar-refractivity contribution in [2.45, 2.75) is 70.4 Å². The van der Waals surface area contributed by atoms with Crippen molar-refractivity contribution >= 4 is 11.5 Å². The van der Waals surface area contributed by atoms with Crippen molar-refractivity contribution in [1.82, 2.24) is 5.32 Å². The van der Waals surface area contributed by atoms with Crippen LogP contribution in [-0.4, -0.2) is 24.4 Å². The minimum atomic E-state index is -0.0855. The monoisotopic (exact) mass is 300 g/mol. The van der Waals surface area contributed by atoms with Crippen LogP contribution in [0.15, 0.2) is 18.2 Å². The second-order valence-corrected chi connectivity index (χ2v) is 6.84. The van der Waals surface area contributed by atoms with E-state index in [0.717, 1.165) is 24.9 Å². The molecule has 1 aliphatic carbocycles. The van der Waals surface area contributed by atoms with Crippen LogP contribution in [0, 0.1) is 0 Å². The fraction of sp³-hybridized carbons (Fsp3) is 0.632. The van der Waals surface area contributed by atoms with Crippen molar-refractivity contribution in [3.8, 4) is 0 Å². The Hall–Kier alpha value is -1.35. The number of rotatable bonds is 4. The summed E-state index contributed by atoms with van der Waals surface area (Å²) in [6.45, 7) is 3.06. The molecule has 1 saturated carbocycles. The predicted octanol–water partition coefficient (Wildman–Crippen LogP) is 3.93. The average molecular weight is 300 g/mol. The molecule has 2 N–H and O–H groups in total. The van der Waals surface area contributed by atoms with Crippen molar-refractivity contribution in [2.75, 3.05) is 11.9 Å². The Bertz CT molecular complexity index is 518. The van der Waals surface area contributed by atoms with Gasteiger partial charge in [-0.05, 0) is 56.4 Å². The number of nitrogens with one attached hydrogen (secondary N) is 2. The number of aryl methyl sites for hydroxylation is 1. The van der Waals surface area contributed by atoms with E-state index in [1.54, 1.807) is 0 Å². The van der Waals surface area contributed by atoms with Crippen LogP contribution in [0.25, 0.3) is 0 Å². The molecule has 1 aromatic carbocycles. The van der Waals surface area contributed by atoms with Gasteiger partial charge in [0.2, 0.25) is 0 Å². The Kier molecular flexibility index (Phi) is 5.14. The first-order valence-corrected chi connectivity index (χ1v) is 8.91. The number of hydrogen-bond acceptors (Lipinski definition) is 3. The second-order valence-electron chi connectivity index (χ2n) is 6.84. The third kappa shape index (κ3) is 3.70. The fourth-order valence-electron chi connectivity index (χ4n) is 3.75. The first kappa shape index (κ1) is 15.5. The van der Waals surface area contributed by atoms with Crippen LogP contribution < -0.4 is 10.6 Å². The van der Waals surface area contributed by atoms with Crippen molar-refractivity contribution in [2.24, 2.45) is 0 Å². The van der Waals surface area contributed by atoms with Gasteiger partial charge in [0.15, 0.2) is 5.78 Å². The number of carbonyl (C=O) groups is 1. The van der Waals surface area contributed by atoms with E-state index in [0.29, 0.717) is 6.04 Å². The topological polar surface area (TPSA) is 41.1 Å². The maximum Gasteiger partial charge on any atom is 0.179 e. The SMILES string of the molecule is CC(NC1CCCCCC1)C(=O)c1ccc2c(c1)CCCN2. The molecule has 0 saturated heterocycles. The lowest BCUT2D eigenvalue weighted by Crippen LogP contribution is -2.41. The third-order valence-electron chi connectivity index (χ3n) is 5.06. The minimum Gasteiger partial charge on any atom is -0.385 e. The number of hydrogen-bond donors (Lipinski definition) is 2. The molecular formula is C19H28N2O. The van der Waals surface area contributed by atoms with E-state index < -0.39 is 0 Å². The molecule has 3 heteroatoms. The lowest BCUT2D eigenvalue weighted by molar-refractivity contribution is 0.0942. The standard InChI is InChI=1S/C19H28N2O/c1-14(21-17-8-4-2-3-5-9-17)19(22)16-10-11-18-15(13-16)7-6-12-20-18/h10-11,13-14,17,20-21H,2-9,12H2,1H3. The molecule has 0 radical (unpaired) electrons. The van der Waals surface area contributed by atoms with Gasteiger partial charge in [-0.15, -0.1) is 0 Å². The summed E-state index contributed by atoms with van der Waals surface area (Å²) in [4.78, 5) is 12.7. The van der Waals surface area contributed by atoms with E-state index in [2.05, 4.69) is 22.8 Å². The molecule has 1 fully saturated rings. The summed E-state index contributed by atoms with van der Waals surface area (Å²) in [5, 5.41) is 6.98. The molecule has 3 nitrogen and oxygen atoms in total. The number of ketones is 1. The highest BCUT2D eigenvalue weighted by Crippen LogP contribution is 2.24. The summed E-state index contributed by atoms with van der Waals surface area (Å²) in [5.74, 6) is 0.234. The van der Waals surface area contributed by atoms with E-state index in [-0.39, 0.29) is 11.8 Å². The number of fused-ring (bicyclic) bond motifs is 1. The summed E-state index contributed by atoms with van der Waals surface area (Å²) in [5.41, 5.74) is 3.35. The van der Waals surface area contributed by atoms with Gasteiger partial charge in [-0.1, -0.05) is 25.7 Å². The summed E-state index contributed by atoms with van der Waals surface area (Å²) in [6.07, 6.45) is 9.94. The van der Waals surface area contributed by atoms with Gasteiger partial charge in [-0.25, -0.2) is 0 Å². The summed E-state index contributed by atoms with van der Waals surface area (Å²) in [6, 6.07) is 6.57. The van der Waals surface area contributed by atoms with Crippen molar-refractivity contribution in [3.63, 3.8) is 0 Å². The number of Topliss-reactive ketones (excluding diaryl/α,β-unsaturated/α-hetero) is 1. The van der Waals surface area contributed by atoms with Gasteiger partial charge in [0.25, 0.3) is 0 Å². The molecule has 120 valence electrons. The molecule has 2 aliphatic rings. The highest BCUT2D eigenvalue weighted by molar-refractivity contribution is 6.00. The van der Waals surface area contributed by atoms with Crippen LogP contribution in [0.3, 0.4) is 0 Å².